The van der Waals surface area contributed by atoms with Gasteiger partial charge in [0.1, 0.15) is 11.9 Å². The van der Waals surface area contributed by atoms with Crippen molar-refractivity contribution >= 4 is 5.91 Å². The summed E-state index contributed by atoms with van der Waals surface area (Å²) in [5.74, 6) is 0.149. The number of hydrogen-bond acceptors (Lipinski definition) is 3. The van der Waals surface area contributed by atoms with Crippen molar-refractivity contribution in [2.45, 2.75) is 44.4 Å². The second-order valence-electron chi connectivity index (χ2n) is 8.05. The first-order valence-electron chi connectivity index (χ1n) is 10.0. The molecule has 0 radical (unpaired) electrons. The molecule has 1 unspecified atom stereocenters. The lowest BCUT2D eigenvalue weighted by Crippen LogP contribution is -2.49. The van der Waals surface area contributed by atoms with E-state index in [-0.39, 0.29) is 23.6 Å². The molecule has 2 heterocycles. The summed E-state index contributed by atoms with van der Waals surface area (Å²) in [6.45, 7) is 4.42. The first kappa shape index (κ1) is 18.9. The van der Waals surface area contributed by atoms with Crippen LogP contribution in [0.4, 0.5) is 4.39 Å². The van der Waals surface area contributed by atoms with Crippen LogP contribution >= 0.6 is 0 Å². The molecule has 2 aromatic carbocycles. The van der Waals surface area contributed by atoms with Crippen molar-refractivity contribution in [2.75, 3.05) is 19.6 Å². The number of piperidine rings is 1. The predicted molar refractivity (Wildman–Crippen MR) is 107 cm³/mol. The maximum Gasteiger partial charge on any atom is 0.240 e. The highest BCUT2D eigenvalue weighted by Gasteiger charge is 2.40. The Balaban J connectivity index is 1.38. The topological polar surface area (TPSA) is 43.8 Å². The average Bonchev–Trinajstić information content (AvgIpc) is 3.03. The molecule has 0 spiro atoms. The van der Waals surface area contributed by atoms with Crippen molar-refractivity contribution in [3.05, 3.63) is 65.2 Å². The van der Waals surface area contributed by atoms with Gasteiger partial charge in [0, 0.05) is 25.6 Å². The summed E-state index contributed by atoms with van der Waals surface area (Å²) in [6, 6.07) is 14.8. The van der Waals surface area contributed by atoms with Crippen LogP contribution in [0.25, 0.3) is 0 Å². The largest absolute Gasteiger partial charge is 0.508 e. The fraction of sp³-hybridized carbons (Fsp3) is 0.435. The molecular formula is C23H27FN2O2. The van der Waals surface area contributed by atoms with Crippen molar-refractivity contribution in [3.63, 3.8) is 0 Å². The van der Waals surface area contributed by atoms with Crippen molar-refractivity contribution in [1.82, 2.24) is 9.80 Å². The zero-order valence-corrected chi connectivity index (χ0v) is 16.2. The number of rotatable bonds is 4. The van der Waals surface area contributed by atoms with Gasteiger partial charge >= 0.3 is 0 Å². The van der Waals surface area contributed by atoms with Crippen LogP contribution in [0.1, 0.15) is 35.4 Å². The Labute approximate surface area is 165 Å². The lowest BCUT2D eigenvalue weighted by atomic mass is 9.87. The lowest BCUT2D eigenvalue weighted by Gasteiger charge is -2.37. The molecule has 5 heteroatoms. The van der Waals surface area contributed by atoms with Crippen molar-refractivity contribution in [1.29, 1.82) is 0 Å². The molecule has 2 aromatic rings. The third-order valence-electron chi connectivity index (χ3n) is 6.06. The SMILES string of the molecule is Cc1cccc(CN2CCC(N3CC[C@H](c4ccc(O)cc4)[C@@H](F)C3)C2=O)c1. The van der Waals surface area contributed by atoms with Crippen LogP contribution < -0.4 is 0 Å². The second kappa shape index (κ2) is 7.92. The van der Waals surface area contributed by atoms with Gasteiger partial charge in [-0.2, -0.15) is 0 Å². The number of amides is 1. The van der Waals surface area contributed by atoms with Gasteiger partial charge < -0.3 is 10.0 Å². The summed E-state index contributed by atoms with van der Waals surface area (Å²) in [4.78, 5) is 16.9. The molecule has 2 fully saturated rings. The van der Waals surface area contributed by atoms with Crippen LogP contribution in [0.2, 0.25) is 0 Å². The molecule has 28 heavy (non-hydrogen) atoms. The van der Waals surface area contributed by atoms with Crippen molar-refractivity contribution in [3.8, 4) is 5.75 Å². The number of aromatic hydroxyl groups is 1. The molecule has 0 aliphatic carbocycles. The average molecular weight is 382 g/mol. The van der Waals surface area contributed by atoms with Gasteiger partial charge in [0.15, 0.2) is 0 Å². The summed E-state index contributed by atoms with van der Waals surface area (Å²) in [5.41, 5.74) is 3.25. The van der Waals surface area contributed by atoms with Gasteiger partial charge in [-0.1, -0.05) is 42.0 Å². The first-order valence-corrected chi connectivity index (χ1v) is 10.0. The number of carbonyl (C=O) groups is 1. The highest BCUT2D eigenvalue weighted by atomic mass is 19.1. The van der Waals surface area contributed by atoms with E-state index < -0.39 is 6.17 Å². The molecule has 4 nitrogen and oxygen atoms in total. The number of phenols is 1. The Morgan fingerprint density at radius 2 is 1.89 bits per heavy atom. The highest BCUT2D eigenvalue weighted by molar-refractivity contribution is 5.84. The zero-order valence-electron chi connectivity index (χ0n) is 16.2. The van der Waals surface area contributed by atoms with Crippen LogP contribution in [-0.4, -0.2) is 52.7 Å². The first-order chi connectivity index (χ1) is 13.5. The molecule has 2 saturated heterocycles. The van der Waals surface area contributed by atoms with Crippen LogP contribution in [0, 0.1) is 6.92 Å². The van der Waals surface area contributed by atoms with Crippen LogP contribution in [0.15, 0.2) is 48.5 Å². The number of alkyl halides is 1. The quantitative estimate of drug-likeness (QED) is 0.878. The van der Waals surface area contributed by atoms with E-state index in [1.165, 1.54) is 5.56 Å². The van der Waals surface area contributed by atoms with E-state index in [1.54, 1.807) is 24.3 Å². The lowest BCUT2D eigenvalue weighted by molar-refractivity contribution is -0.133. The number of nitrogens with zero attached hydrogens (tertiary/aromatic N) is 2. The Morgan fingerprint density at radius 1 is 1.11 bits per heavy atom. The third kappa shape index (κ3) is 3.90. The van der Waals surface area contributed by atoms with Gasteiger partial charge in [-0.3, -0.25) is 9.69 Å². The molecule has 2 aliphatic heterocycles. The van der Waals surface area contributed by atoms with Crippen molar-refractivity contribution < 1.29 is 14.3 Å². The minimum absolute atomic E-state index is 0.122. The molecule has 0 aromatic heterocycles. The second-order valence-corrected chi connectivity index (χ2v) is 8.05. The normalized spacial score (nSPS) is 26.0. The molecule has 2 aliphatic rings. The number of phenolic OH excluding ortho intramolecular Hbond substituents is 1. The van der Waals surface area contributed by atoms with E-state index in [0.717, 1.165) is 30.6 Å². The Morgan fingerprint density at radius 3 is 2.61 bits per heavy atom. The molecule has 1 amide bonds. The maximum absolute atomic E-state index is 14.9. The molecule has 0 saturated carbocycles. The molecule has 4 rings (SSSR count). The van der Waals surface area contributed by atoms with Gasteiger partial charge in [0.2, 0.25) is 5.91 Å². The number of carbonyl (C=O) groups excluding carboxylic acids is 1. The van der Waals surface area contributed by atoms with E-state index in [0.29, 0.717) is 19.5 Å². The van der Waals surface area contributed by atoms with Gasteiger partial charge in [-0.15, -0.1) is 0 Å². The Bertz CT molecular complexity index is 839. The van der Waals surface area contributed by atoms with Gasteiger partial charge in [-0.25, -0.2) is 4.39 Å². The summed E-state index contributed by atoms with van der Waals surface area (Å²) >= 11 is 0. The minimum atomic E-state index is -1.00. The summed E-state index contributed by atoms with van der Waals surface area (Å²) < 4.78 is 14.9. The fourth-order valence-corrected chi connectivity index (χ4v) is 4.56. The number of likely N-dealkylation sites (tertiary alicyclic amines) is 2. The number of aryl methyl sites for hydroxylation is 1. The third-order valence-corrected chi connectivity index (χ3v) is 6.06. The minimum Gasteiger partial charge on any atom is -0.508 e. The molecular weight excluding hydrogens is 355 g/mol. The Hall–Kier alpha value is -2.40. The molecule has 0 bridgehead atoms. The van der Waals surface area contributed by atoms with Crippen molar-refractivity contribution in [2.24, 2.45) is 0 Å². The van der Waals surface area contributed by atoms with Gasteiger partial charge in [-0.05, 0) is 49.6 Å². The summed E-state index contributed by atoms with van der Waals surface area (Å²) in [5, 5.41) is 9.44. The van der Waals surface area contributed by atoms with E-state index in [1.807, 2.05) is 21.9 Å². The fourth-order valence-electron chi connectivity index (χ4n) is 4.56. The highest BCUT2D eigenvalue weighted by Crippen LogP contribution is 2.33. The zero-order chi connectivity index (χ0) is 19.7. The van der Waals surface area contributed by atoms with Crippen LogP contribution in [0.5, 0.6) is 5.75 Å². The van der Waals surface area contributed by atoms with E-state index in [4.69, 9.17) is 0 Å². The number of halogens is 1. The van der Waals surface area contributed by atoms with Crippen LogP contribution in [0.3, 0.4) is 0 Å². The van der Waals surface area contributed by atoms with E-state index in [9.17, 15) is 14.3 Å². The molecule has 1 N–H and O–H groups in total. The standard InChI is InChI=1S/C23H27FN2O2/c1-16-3-2-4-17(13-16)14-26-12-10-22(23(26)28)25-11-9-20(21(24)15-25)18-5-7-19(27)8-6-18/h2-8,13,20-22,27H,9-12,14-15H2,1H3/t20-,21+,22?/m1/s1. The van der Waals surface area contributed by atoms with Gasteiger partial charge in [0.05, 0.1) is 6.04 Å². The summed E-state index contributed by atoms with van der Waals surface area (Å²) in [7, 11) is 0. The predicted octanol–water partition coefficient (Wildman–Crippen LogP) is 3.63. The monoisotopic (exact) mass is 382 g/mol. The van der Waals surface area contributed by atoms with Crippen LogP contribution in [-0.2, 0) is 11.3 Å². The smallest absolute Gasteiger partial charge is 0.240 e. The number of hydrogen-bond donors (Lipinski definition) is 1. The molecule has 3 atom stereocenters. The summed E-state index contributed by atoms with van der Waals surface area (Å²) in [6.07, 6.45) is 0.450. The number of benzene rings is 2. The maximum atomic E-state index is 14.9. The molecule has 148 valence electrons. The van der Waals surface area contributed by atoms with E-state index >= 15 is 0 Å². The van der Waals surface area contributed by atoms with E-state index in [2.05, 4.69) is 19.1 Å². The van der Waals surface area contributed by atoms with Gasteiger partial charge in [0.25, 0.3) is 0 Å². The Kier molecular flexibility index (Phi) is 5.36.